The molecule has 2 N–H and O–H groups in total. The van der Waals surface area contributed by atoms with Crippen LogP contribution in [0.2, 0.25) is 0 Å². The number of hydrogen-bond acceptors (Lipinski definition) is 4. The standard InChI is InChI=1S/C23H29N5O2.HI/c1-28(16-22-25-15-21(27-22)19-6-3-2-4-7-19)23(26-14-18-10-13-29-17-18)24-11-9-20-8-5-12-30-20;/h2-8,12,15,18H,9-11,13-14,16-17H2,1H3,(H,24,26)(H,25,27);1H. The predicted octanol–water partition coefficient (Wildman–Crippen LogP) is 3.94. The highest BCUT2D eigenvalue weighted by Gasteiger charge is 2.16. The lowest BCUT2D eigenvalue weighted by atomic mass is 10.1. The summed E-state index contributed by atoms with van der Waals surface area (Å²) in [6.45, 7) is 3.80. The Labute approximate surface area is 200 Å². The SMILES string of the molecule is CN(Cc1ncc(-c2ccccc2)[nH]1)C(=NCC1CCOC1)NCCc1ccco1.I. The molecule has 7 nitrogen and oxygen atoms in total. The molecule has 0 amide bonds. The Morgan fingerprint density at radius 2 is 2.13 bits per heavy atom. The van der Waals surface area contributed by atoms with Gasteiger partial charge in [-0.1, -0.05) is 30.3 Å². The van der Waals surface area contributed by atoms with Crippen LogP contribution in [0.4, 0.5) is 0 Å². The van der Waals surface area contributed by atoms with Crippen molar-refractivity contribution in [2.45, 2.75) is 19.4 Å². The molecule has 1 aliphatic rings. The second-order valence-electron chi connectivity index (χ2n) is 7.62. The van der Waals surface area contributed by atoms with Crippen molar-refractivity contribution in [1.29, 1.82) is 0 Å². The number of aliphatic imine (C=N–C) groups is 1. The largest absolute Gasteiger partial charge is 0.469 e. The van der Waals surface area contributed by atoms with E-state index in [1.54, 1.807) is 6.26 Å². The Bertz CT molecular complexity index is 921. The van der Waals surface area contributed by atoms with E-state index in [4.69, 9.17) is 14.1 Å². The molecule has 3 heterocycles. The summed E-state index contributed by atoms with van der Waals surface area (Å²) in [6.07, 6.45) is 5.48. The van der Waals surface area contributed by atoms with Gasteiger partial charge >= 0.3 is 0 Å². The predicted molar refractivity (Wildman–Crippen MR) is 133 cm³/mol. The third-order valence-corrected chi connectivity index (χ3v) is 5.22. The fourth-order valence-corrected chi connectivity index (χ4v) is 3.51. The summed E-state index contributed by atoms with van der Waals surface area (Å²) in [7, 11) is 2.04. The minimum atomic E-state index is 0. The average Bonchev–Trinajstić information content (AvgIpc) is 3.54. The number of hydrogen-bond donors (Lipinski definition) is 2. The monoisotopic (exact) mass is 535 g/mol. The molecule has 1 unspecified atom stereocenters. The average molecular weight is 535 g/mol. The van der Waals surface area contributed by atoms with E-state index in [0.29, 0.717) is 12.5 Å². The molecule has 0 bridgehead atoms. The first kappa shape index (κ1) is 23.3. The first-order chi connectivity index (χ1) is 14.8. The molecular weight excluding hydrogens is 505 g/mol. The lowest BCUT2D eigenvalue weighted by Gasteiger charge is -2.22. The fraction of sp³-hybridized carbons (Fsp3) is 0.391. The van der Waals surface area contributed by atoms with Gasteiger partial charge in [-0.2, -0.15) is 0 Å². The molecule has 1 aliphatic heterocycles. The first-order valence-electron chi connectivity index (χ1n) is 10.5. The van der Waals surface area contributed by atoms with E-state index in [1.807, 2.05) is 43.6 Å². The summed E-state index contributed by atoms with van der Waals surface area (Å²) in [5, 5.41) is 3.47. The smallest absolute Gasteiger partial charge is 0.194 e. The molecule has 2 aromatic heterocycles. The lowest BCUT2D eigenvalue weighted by Crippen LogP contribution is -2.40. The Balaban J connectivity index is 0.00000272. The Hall–Kier alpha value is -2.33. The number of nitrogens with zero attached hydrogens (tertiary/aromatic N) is 3. The highest BCUT2D eigenvalue weighted by atomic mass is 127. The number of benzene rings is 1. The number of rotatable bonds is 8. The third kappa shape index (κ3) is 6.83. The molecule has 4 rings (SSSR count). The normalized spacial score (nSPS) is 16.2. The van der Waals surface area contributed by atoms with Crippen molar-refractivity contribution in [3.05, 3.63) is 66.5 Å². The number of ether oxygens (including phenoxy) is 1. The van der Waals surface area contributed by atoms with Crippen LogP contribution in [0.5, 0.6) is 0 Å². The Morgan fingerprint density at radius 3 is 2.87 bits per heavy atom. The number of aromatic nitrogens is 2. The molecule has 0 saturated carbocycles. The van der Waals surface area contributed by atoms with Crippen LogP contribution in [-0.4, -0.2) is 54.2 Å². The van der Waals surface area contributed by atoms with E-state index in [9.17, 15) is 0 Å². The van der Waals surface area contributed by atoms with Crippen molar-refractivity contribution in [1.82, 2.24) is 20.2 Å². The number of aromatic amines is 1. The number of furan rings is 1. The van der Waals surface area contributed by atoms with Crippen LogP contribution in [0.15, 0.2) is 64.3 Å². The number of nitrogens with one attached hydrogen (secondary N) is 2. The van der Waals surface area contributed by atoms with Gasteiger partial charge in [0.05, 0.1) is 31.3 Å². The van der Waals surface area contributed by atoms with Crippen molar-refractivity contribution in [3.8, 4) is 11.3 Å². The van der Waals surface area contributed by atoms with Crippen molar-refractivity contribution in [2.75, 3.05) is 33.4 Å². The van der Waals surface area contributed by atoms with Crippen molar-refractivity contribution in [2.24, 2.45) is 10.9 Å². The number of halogens is 1. The Morgan fingerprint density at radius 1 is 1.26 bits per heavy atom. The second kappa shape index (κ2) is 11.9. The van der Waals surface area contributed by atoms with Gasteiger partial charge in [0, 0.05) is 39.1 Å². The maximum absolute atomic E-state index is 5.49. The zero-order valence-electron chi connectivity index (χ0n) is 17.8. The van der Waals surface area contributed by atoms with Gasteiger partial charge in [0.25, 0.3) is 0 Å². The number of H-pyrrole nitrogens is 1. The molecule has 1 atom stereocenters. The van der Waals surface area contributed by atoms with Crippen LogP contribution in [0.3, 0.4) is 0 Å². The van der Waals surface area contributed by atoms with Crippen LogP contribution < -0.4 is 5.32 Å². The molecule has 8 heteroatoms. The van der Waals surface area contributed by atoms with E-state index in [1.165, 1.54) is 0 Å². The molecule has 1 fully saturated rings. The first-order valence-corrected chi connectivity index (χ1v) is 10.5. The van der Waals surface area contributed by atoms with Gasteiger partial charge in [-0.3, -0.25) is 4.99 Å². The molecule has 1 aromatic carbocycles. The van der Waals surface area contributed by atoms with Gasteiger partial charge in [-0.15, -0.1) is 24.0 Å². The zero-order valence-corrected chi connectivity index (χ0v) is 20.1. The van der Waals surface area contributed by atoms with Crippen molar-refractivity contribution in [3.63, 3.8) is 0 Å². The van der Waals surface area contributed by atoms with E-state index in [0.717, 1.165) is 67.9 Å². The fourth-order valence-electron chi connectivity index (χ4n) is 3.51. The number of guanidine groups is 1. The molecule has 0 radical (unpaired) electrons. The summed E-state index contributed by atoms with van der Waals surface area (Å²) >= 11 is 0. The Kier molecular flexibility index (Phi) is 8.96. The van der Waals surface area contributed by atoms with Gasteiger partial charge < -0.3 is 24.4 Å². The van der Waals surface area contributed by atoms with E-state index < -0.39 is 0 Å². The number of imidazole rings is 1. The van der Waals surface area contributed by atoms with Crippen molar-refractivity contribution < 1.29 is 9.15 Å². The minimum Gasteiger partial charge on any atom is -0.469 e. The van der Waals surface area contributed by atoms with Gasteiger partial charge in [-0.05, 0) is 24.1 Å². The van der Waals surface area contributed by atoms with Crippen LogP contribution in [0.1, 0.15) is 18.0 Å². The maximum Gasteiger partial charge on any atom is 0.194 e. The van der Waals surface area contributed by atoms with Crippen LogP contribution in [0.25, 0.3) is 11.3 Å². The van der Waals surface area contributed by atoms with E-state index in [2.05, 4.69) is 32.3 Å². The molecule has 31 heavy (non-hydrogen) atoms. The second-order valence-corrected chi connectivity index (χ2v) is 7.62. The summed E-state index contributed by atoms with van der Waals surface area (Å²) in [4.78, 5) is 14.9. The quantitative estimate of drug-likeness (QED) is 0.260. The topological polar surface area (TPSA) is 78.7 Å². The zero-order chi connectivity index (χ0) is 20.6. The van der Waals surface area contributed by atoms with Gasteiger partial charge in [0.1, 0.15) is 11.6 Å². The van der Waals surface area contributed by atoms with Crippen LogP contribution in [-0.2, 0) is 17.7 Å². The van der Waals surface area contributed by atoms with Gasteiger partial charge in [0.15, 0.2) is 5.96 Å². The van der Waals surface area contributed by atoms with E-state index in [-0.39, 0.29) is 24.0 Å². The molecule has 0 spiro atoms. The molecule has 3 aromatic rings. The van der Waals surface area contributed by atoms with E-state index >= 15 is 0 Å². The summed E-state index contributed by atoms with van der Waals surface area (Å²) in [5.41, 5.74) is 2.15. The highest BCUT2D eigenvalue weighted by Crippen LogP contribution is 2.17. The lowest BCUT2D eigenvalue weighted by molar-refractivity contribution is 0.187. The summed E-state index contributed by atoms with van der Waals surface area (Å²) < 4.78 is 10.9. The molecular formula is C23H30IN5O2. The third-order valence-electron chi connectivity index (χ3n) is 5.22. The summed E-state index contributed by atoms with van der Waals surface area (Å²) in [5.74, 6) is 3.23. The van der Waals surface area contributed by atoms with Crippen molar-refractivity contribution >= 4 is 29.9 Å². The highest BCUT2D eigenvalue weighted by molar-refractivity contribution is 14.0. The minimum absolute atomic E-state index is 0. The van der Waals surface area contributed by atoms with Crippen LogP contribution in [0, 0.1) is 5.92 Å². The molecule has 0 aliphatic carbocycles. The summed E-state index contributed by atoms with van der Waals surface area (Å²) in [6, 6.07) is 14.1. The van der Waals surface area contributed by atoms with Crippen LogP contribution >= 0.6 is 24.0 Å². The maximum atomic E-state index is 5.49. The molecule has 1 saturated heterocycles. The van der Waals surface area contributed by atoms with Gasteiger partial charge in [0.2, 0.25) is 0 Å². The molecule has 166 valence electrons. The van der Waals surface area contributed by atoms with Gasteiger partial charge in [-0.25, -0.2) is 4.98 Å².